The fourth-order valence-corrected chi connectivity index (χ4v) is 2.14. The van der Waals surface area contributed by atoms with Crippen LogP contribution >= 0.6 is 0 Å². The molecule has 0 fully saturated rings. The molecule has 1 aliphatic heterocycles. The number of rotatable bonds is 5. The molecule has 0 atom stereocenters. The molecule has 0 aromatic heterocycles. The first-order valence-corrected chi connectivity index (χ1v) is 6.08. The highest BCUT2D eigenvalue weighted by atomic mass is 16.6. The summed E-state index contributed by atoms with van der Waals surface area (Å²) in [4.78, 5) is 35.4. The lowest BCUT2D eigenvalue weighted by atomic mass is 10.1. The molecule has 0 bridgehead atoms. The summed E-state index contributed by atoms with van der Waals surface area (Å²) >= 11 is 0. The molecule has 0 N–H and O–H groups in total. The molecular weight excluding hydrogens is 262 g/mol. The number of amides is 2. The van der Waals surface area contributed by atoms with Gasteiger partial charge in [-0.1, -0.05) is 6.07 Å². The Labute approximate surface area is 114 Å². The second-order valence-corrected chi connectivity index (χ2v) is 4.33. The summed E-state index contributed by atoms with van der Waals surface area (Å²) in [5.74, 6) is -1.14. The third-order valence-electron chi connectivity index (χ3n) is 3.09. The summed E-state index contributed by atoms with van der Waals surface area (Å²) in [5, 5.41) is 19.3. The van der Waals surface area contributed by atoms with Gasteiger partial charge in [0.25, 0.3) is 17.5 Å². The largest absolute Gasteiger partial charge is 0.282 e. The number of unbranched alkanes of at least 4 members (excludes halogenated alkanes) is 2. The van der Waals surface area contributed by atoms with Crippen LogP contribution in [0, 0.1) is 21.4 Å². The van der Waals surface area contributed by atoms with Crippen molar-refractivity contribution in [2.75, 3.05) is 6.54 Å². The standard InChI is InChI=1S/C13H11N3O4/c14-7-2-1-3-8-15-12(17)9-5-4-6-10(16(19)20)11(9)13(15)18/h4-6H,1-3,8H2. The van der Waals surface area contributed by atoms with Crippen molar-refractivity contribution >= 4 is 17.5 Å². The van der Waals surface area contributed by atoms with Crippen LogP contribution in [0.3, 0.4) is 0 Å². The van der Waals surface area contributed by atoms with E-state index in [4.69, 9.17) is 5.26 Å². The van der Waals surface area contributed by atoms with Crippen molar-refractivity contribution in [3.63, 3.8) is 0 Å². The van der Waals surface area contributed by atoms with Crippen molar-refractivity contribution in [2.45, 2.75) is 19.3 Å². The van der Waals surface area contributed by atoms with E-state index < -0.39 is 16.7 Å². The molecule has 1 aromatic rings. The van der Waals surface area contributed by atoms with Crippen LogP contribution in [0.4, 0.5) is 5.69 Å². The lowest BCUT2D eigenvalue weighted by molar-refractivity contribution is -0.385. The van der Waals surface area contributed by atoms with Crippen LogP contribution in [0.25, 0.3) is 0 Å². The molecule has 7 heteroatoms. The summed E-state index contributed by atoms with van der Waals surface area (Å²) in [5.41, 5.74) is -0.410. The van der Waals surface area contributed by atoms with Gasteiger partial charge in [-0.15, -0.1) is 0 Å². The van der Waals surface area contributed by atoms with Gasteiger partial charge >= 0.3 is 0 Å². The number of hydrogen-bond acceptors (Lipinski definition) is 5. The van der Waals surface area contributed by atoms with E-state index in [2.05, 4.69) is 0 Å². The molecule has 20 heavy (non-hydrogen) atoms. The van der Waals surface area contributed by atoms with Crippen LogP contribution in [0.5, 0.6) is 0 Å². The minimum atomic E-state index is -0.663. The second-order valence-electron chi connectivity index (χ2n) is 4.33. The van der Waals surface area contributed by atoms with Gasteiger partial charge in [0, 0.05) is 19.0 Å². The third kappa shape index (κ3) is 2.23. The first kappa shape index (κ1) is 13.7. The van der Waals surface area contributed by atoms with Crippen molar-refractivity contribution in [2.24, 2.45) is 0 Å². The number of fused-ring (bicyclic) bond motifs is 1. The lowest BCUT2D eigenvalue weighted by Gasteiger charge is -2.12. The zero-order chi connectivity index (χ0) is 14.7. The number of imide groups is 1. The van der Waals surface area contributed by atoms with Gasteiger partial charge in [0.1, 0.15) is 5.56 Å². The maximum atomic E-state index is 12.1. The van der Waals surface area contributed by atoms with E-state index in [1.807, 2.05) is 6.07 Å². The summed E-state index contributed by atoms with van der Waals surface area (Å²) < 4.78 is 0. The smallest absolute Gasteiger partial charge is 0.274 e. The Morgan fingerprint density at radius 2 is 2.00 bits per heavy atom. The van der Waals surface area contributed by atoms with Gasteiger partial charge in [-0.2, -0.15) is 5.26 Å². The summed E-state index contributed by atoms with van der Waals surface area (Å²) in [7, 11) is 0. The average Bonchev–Trinajstić information content (AvgIpc) is 2.68. The number of carbonyl (C=O) groups is 2. The molecule has 0 aliphatic carbocycles. The van der Waals surface area contributed by atoms with E-state index in [9.17, 15) is 19.7 Å². The summed E-state index contributed by atoms with van der Waals surface area (Å²) in [6, 6.07) is 6.00. The Balaban J connectivity index is 2.25. The van der Waals surface area contributed by atoms with Gasteiger partial charge in [0.05, 0.1) is 16.6 Å². The van der Waals surface area contributed by atoms with Crippen LogP contribution < -0.4 is 0 Å². The van der Waals surface area contributed by atoms with Crippen LogP contribution in [-0.2, 0) is 0 Å². The second kappa shape index (κ2) is 5.48. The number of carbonyl (C=O) groups excluding carboxylic acids is 2. The van der Waals surface area contributed by atoms with Crippen molar-refractivity contribution in [1.29, 1.82) is 5.26 Å². The van der Waals surface area contributed by atoms with Gasteiger partial charge < -0.3 is 0 Å². The Bertz CT molecular complexity index is 633. The molecular formula is C13H11N3O4. The van der Waals surface area contributed by atoms with Crippen molar-refractivity contribution < 1.29 is 14.5 Å². The molecule has 0 spiro atoms. The van der Waals surface area contributed by atoms with E-state index in [-0.39, 0.29) is 23.4 Å². The van der Waals surface area contributed by atoms with E-state index in [0.29, 0.717) is 19.3 Å². The maximum absolute atomic E-state index is 12.1. The SMILES string of the molecule is N#CCCCCN1C(=O)c2cccc([N+](=O)[O-])c2C1=O. The highest BCUT2D eigenvalue weighted by Crippen LogP contribution is 2.30. The van der Waals surface area contributed by atoms with Gasteiger partial charge in [-0.3, -0.25) is 24.6 Å². The first-order chi connectivity index (χ1) is 9.57. The molecule has 1 aliphatic rings. The van der Waals surface area contributed by atoms with Crippen molar-refractivity contribution in [3.8, 4) is 6.07 Å². The van der Waals surface area contributed by atoms with E-state index >= 15 is 0 Å². The predicted octanol–water partition coefficient (Wildman–Crippen LogP) is 1.88. The van der Waals surface area contributed by atoms with E-state index in [0.717, 1.165) is 4.90 Å². The minimum Gasteiger partial charge on any atom is -0.274 e. The van der Waals surface area contributed by atoms with Crippen molar-refractivity contribution in [1.82, 2.24) is 4.90 Å². The molecule has 1 aromatic carbocycles. The Hall–Kier alpha value is -2.75. The number of benzene rings is 1. The maximum Gasteiger partial charge on any atom is 0.282 e. The molecule has 7 nitrogen and oxygen atoms in total. The van der Waals surface area contributed by atoms with Gasteiger partial charge in [0.2, 0.25) is 0 Å². The summed E-state index contributed by atoms with van der Waals surface area (Å²) in [6.07, 6.45) is 1.43. The lowest BCUT2D eigenvalue weighted by Crippen LogP contribution is -2.30. The Kier molecular flexibility index (Phi) is 3.75. The van der Waals surface area contributed by atoms with Gasteiger partial charge in [-0.05, 0) is 18.9 Å². The highest BCUT2D eigenvalue weighted by Gasteiger charge is 2.40. The van der Waals surface area contributed by atoms with Gasteiger partial charge in [-0.25, -0.2) is 0 Å². The molecule has 2 amide bonds. The quantitative estimate of drug-likeness (QED) is 0.352. The third-order valence-corrected chi connectivity index (χ3v) is 3.09. The van der Waals surface area contributed by atoms with E-state index in [1.165, 1.54) is 18.2 Å². The number of nitriles is 1. The molecule has 1 heterocycles. The Morgan fingerprint density at radius 3 is 2.65 bits per heavy atom. The van der Waals surface area contributed by atoms with Gasteiger partial charge in [0.15, 0.2) is 0 Å². The number of nitro groups is 1. The molecule has 0 unspecified atom stereocenters. The summed E-state index contributed by atoms with van der Waals surface area (Å²) in [6.45, 7) is 0.172. The zero-order valence-corrected chi connectivity index (χ0v) is 10.5. The molecule has 2 rings (SSSR count). The number of hydrogen-bond donors (Lipinski definition) is 0. The minimum absolute atomic E-state index is 0.0736. The van der Waals surface area contributed by atoms with Crippen LogP contribution in [0.2, 0.25) is 0 Å². The topological polar surface area (TPSA) is 104 Å². The van der Waals surface area contributed by atoms with Crippen LogP contribution in [-0.4, -0.2) is 28.2 Å². The van der Waals surface area contributed by atoms with Crippen molar-refractivity contribution in [3.05, 3.63) is 39.4 Å². The number of nitrogens with zero attached hydrogens (tertiary/aromatic N) is 3. The normalized spacial score (nSPS) is 13.2. The first-order valence-electron chi connectivity index (χ1n) is 6.08. The fourth-order valence-electron chi connectivity index (χ4n) is 2.14. The van der Waals surface area contributed by atoms with Crippen LogP contribution in [0.15, 0.2) is 18.2 Å². The Morgan fingerprint density at radius 1 is 1.25 bits per heavy atom. The fraction of sp³-hybridized carbons (Fsp3) is 0.308. The van der Waals surface area contributed by atoms with Crippen LogP contribution in [0.1, 0.15) is 40.0 Å². The highest BCUT2D eigenvalue weighted by molar-refractivity contribution is 6.23. The molecule has 0 saturated carbocycles. The molecule has 0 radical (unpaired) electrons. The van der Waals surface area contributed by atoms with E-state index in [1.54, 1.807) is 0 Å². The molecule has 102 valence electrons. The molecule has 0 saturated heterocycles. The zero-order valence-electron chi connectivity index (χ0n) is 10.5. The number of nitro benzene ring substituents is 1. The average molecular weight is 273 g/mol. The monoisotopic (exact) mass is 273 g/mol. The predicted molar refractivity (Wildman–Crippen MR) is 67.9 cm³/mol.